The molecule has 1 heterocycles. The second-order valence-electron chi connectivity index (χ2n) is 4.46. The summed E-state index contributed by atoms with van der Waals surface area (Å²) >= 11 is 0. The van der Waals surface area contributed by atoms with E-state index in [1.54, 1.807) is 7.05 Å². The summed E-state index contributed by atoms with van der Waals surface area (Å²) in [5.41, 5.74) is 1.28. The van der Waals surface area contributed by atoms with Gasteiger partial charge in [-0.2, -0.15) is 0 Å². The third-order valence-electron chi connectivity index (χ3n) is 3.10. The Balaban J connectivity index is 0.00000220. The molecule has 2 aromatic rings. The highest BCUT2D eigenvalue weighted by atomic mass is 127. The zero-order valence-corrected chi connectivity index (χ0v) is 14.7. The molecule has 0 amide bonds. The maximum Gasteiger partial charge on any atom is 0.190 e. The Bertz CT molecular complexity index is 550. The van der Waals surface area contributed by atoms with Gasteiger partial charge in [0.25, 0.3) is 0 Å². The first-order valence-corrected chi connectivity index (χ1v) is 6.76. The van der Waals surface area contributed by atoms with Crippen LogP contribution in [0.4, 0.5) is 0 Å². The fraction of sp³-hybridized carbons (Fsp3) is 0.333. The Morgan fingerprint density at radius 3 is 2.71 bits per heavy atom. The Kier molecular flexibility index (Phi) is 7.81. The van der Waals surface area contributed by atoms with Crippen molar-refractivity contribution in [3.63, 3.8) is 0 Å². The zero-order chi connectivity index (χ0) is 14.2. The van der Waals surface area contributed by atoms with Gasteiger partial charge in [-0.1, -0.05) is 30.3 Å². The van der Waals surface area contributed by atoms with Gasteiger partial charge in [0.1, 0.15) is 5.82 Å². The van der Waals surface area contributed by atoms with Gasteiger partial charge in [-0.25, -0.2) is 4.98 Å². The van der Waals surface area contributed by atoms with E-state index >= 15 is 0 Å². The predicted octanol–water partition coefficient (Wildman–Crippen LogP) is 1.89. The van der Waals surface area contributed by atoms with Crippen molar-refractivity contribution in [2.75, 3.05) is 20.6 Å². The van der Waals surface area contributed by atoms with Crippen LogP contribution in [0.15, 0.2) is 47.7 Å². The highest BCUT2D eigenvalue weighted by Crippen LogP contribution is 2.05. The van der Waals surface area contributed by atoms with E-state index in [0.717, 1.165) is 31.3 Å². The Morgan fingerprint density at radius 2 is 2.05 bits per heavy atom. The molecule has 0 aliphatic rings. The molecular weight excluding hydrogens is 377 g/mol. The van der Waals surface area contributed by atoms with Crippen LogP contribution in [-0.2, 0) is 13.0 Å². The zero-order valence-electron chi connectivity index (χ0n) is 12.4. The van der Waals surface area contributed by atoms with Gasteiger partial charge < -0.3 is 15.2 Å². The highest BCUT2D eigenvalue weighted by molar-refractivity contribution is 14.0. The van der Waals surface area contributed by atoms with Crippen molar-refractivity contribution in [2.45, 2.75) is 13.0 Å². The minimum absolute atomic E-state index is 0. The van der Waals surface area contributed by atoms with E-state index in [0.29, 0.717) is 0 Å². The minimum atomic E-state index is 0. The number of aromatic nitrogens is 2. The molecule has 0 spiro atoms. The maximum absolute atomic E-state index is 4.42. The van der Waals surface area contributed by atoms with Crippen LogP contribution in [0.1, 0.15) is 11.4 Å². The first-order valence-electron chi connectivity index (χ1n) is 6.76. The topological polar surface area (TPSA) is 54.2 Å². The van der Waals surface area contributed by atoms with Gasteiger partial charge in [-0.05, 0) is 5.56 Å². The first kappa shape index (κ1) is 17.5. The van der Waals surface area contributed by atoms with Crippen molar-refractivity contribution >= 4 is 29.9 Å². The average Bonchev–Trinajstić information content (AvgIpc) is 2.92. The lowest BCUT2D eigenvalue weighted by atomic mass is 10.2. The monoisotopic (exact) mass is 399 g/mol. The van der Waals surface area contributed by atoms with E-state index in [-0.39, 0.29) is 24.0 Å². The summed E-state index contributed by atoms with van der Waals surface area (Å²) in [4.78, 5) is 8.51. The third kappa shape index (κ3) is 5.37. The molecule has 0 bridgehead atoms. The van der Waals surface area contributed by atoms with Gasteiger partial charge in [0.05, 0.1) is 0 Å². The molecule has 21 heavy (non-hydrogen) atoms. The molecule has 2 rings (SSSR count). The molecule has 0 aliphatic carbocycles. The van der Waals surface area contributed by atoms with Gasteiger partial charge in [0.15, 0.2) is 5.96 Å². The number of imidazole rings is 1. The summed E-state index contributed by atoms with van der Waals surface area (Å²) in [5.74, 6) is 1.87. The molecule has 0 aliphatic heterocycles. The summed E-state index contributed by atoms with van der Waals surface area (Å²) in [5, 5.41) is 6.23. The number of halogens is 1. The molecule has 0 fully saturated rings. The van der Waals surface area contributed by atoms with E-state index in [1.807, 2.05) is 25.5 Å². The highest BCUT2D eigenvalue weighted by Gasteiger charge is 2.03. The van der Waals surface area contributed by atoms with Crippen molar-refractivity contribution < 1.29 is 0 Å². The Labute approximate surface area is 142 Å². The first-order chi connectivity index (χ1) is 9.83. The van der Waals surface area contributed by atoms with E-state index < -0.39 is 0 Å². The van der Waals surface area contributed by atoms with E-state index in [4.69, 9.17) is 0 Å². The standard InChI is InChI=1S/C15H21N5.HI/c1-16-15(17-2)19-9-8-14-18-10-11-20(14)12-13-6-4-3-5-7-13;/h3-7,10-11H,8-9,12H2,1-2H3,(H2,16,17,19);1H. The van der Waals surface area contributed by atoms with Gasteiger partial charge in [0.2, 0.25) is 0 Å². The molecule has 114 valence electrons. The number of guanidine groups is 1. The van der Waals surface area contributed by atoms with Crippen molar-refractivity contribution in [3.8, 4) is 0 Å². The van der Waals surface area contributed by atoms with Crippen molar-refractivity contribution in [1.82, 2.24) is 20.2 Å². The van der Waals surface area contributed by atoms with Crippen LogP contribution >= 0.6 is 24.0 Å². The second kappa shape index (κ2) is 9.38. The summed E-state index contributed by atoms with van der Waals surface area (Å²) < 4.78 is 2.18. The van der Waals surface area contributed by atoms with Crippen molar-refractivity contribution in [2.24, 2.45) is 4.99 Å². The lowest BCUT2D eigenvalue weighted by Gasteiger charge is -2.10. The number of aliphatic imine (C=N–C) groups is 1. The van der Waals surface area contributed by atoms with Crippen LogP contribution in [0.2, 0.25) is 0 Å². The fourth-order valence-electron chi connectivity index (χ4n) is 2.06. The second-order valence-corrected chi connectivity index (χ2v) is 4.46. The van der Waals surface area contributed by atoms with Crippen molar-refractivity contribution in [1.29, 1.82) is 0 Å². The maximum atomic E-state index is 4.42. The molecule has 0 saturated heterocycles. The Morgan fingerprint density at radius 1 is 1.29 bits per heavy atom. The number of benzene rings is 1. The van der Waals surface area contributed by atoms with E-state index in [2.05, 4.69) is 49.4 Å². The number of nitrogens with zero attached hydrogens (tertiary/aromatic N) is 3. The quantitative estimate of drug-likeness (QED) is 0.459. The summed E-state index contributed by atoms with van der Waals surface area (Å²) in [6, 6.07) is 10.4. The summed E-state index contributed by atoms with van der Waals surface area (Å²) in [7, 11) is 3.61. The van der Waals surface area contributed by atoms with Gasteiger partial charge >= 0.3 is 0 Å². The normalized spacial score (nSPS) is 10.9. The predicted molar refractivity (Wildman–Crippen MR) is 97.3 cm³/mol. The van der Waals surface area contributed by atoms with Crippen LogP contribution in [0.5, 0.6) is 0 Å². The van der Waals surface area contributed by atoms with Gasteiger partial charge in [-0.15, -0.1) is 24.0 Å². The number of hydrogen-bond acceptors (Lipinski definition) is 2. The molecule has 0 radical (unpaired) electrons. The van der Waals surface area contributed by atoms with Crippen molar-refractivity contribution in [3.05, 3.63) is 54.1 Å². The number of hydrogen-bond donors (Lipinski definition) is 2. The lowest BCUT2D eigenvalue weighted by Crippen LogP contribution is -2.36. The molecule has 1 aromatic heterocycles. The lowest BCUT2D eigenvalue weighted by molar-refractivity contribution is 0.698. The summed E-state index contributed by atoms with van der Waals surface area (Å²) in [6.45, 7) is 1.66. The largest absolute Gasteiger partial charge is 0.359 e. The molecule has 2 N–H and O–H groups in total. The molecule has 6 heteroatoms. The van der Waals surface area contributed by atoms with Crippen LogP contribution in [0.25, 0.3) is 0 Å². The fourth-order valence-corrected chi connectivity index (χ4v) is 2.06. The van der Waals surface area contributed by atoms with Crippen LogP contribution in [0.3, 0.4) is 0 Å². The van der Waals surface area contributed by atoms with Gasteiger partial charge in [0, 0.05) is 46.0 Å². The summed E-state index contributed by atoms with van der Waals surface area (Å²) in [6.07, 6.45) is 4.74. The molecule has 0 atom stereocenters. The van der Waals surface area contributed by atoms with Crippen LogP contribution in [-0.4, -0.2) is 36.2 Å². The number of rotatable bonds is 5. The van der Waals surface area contributed by atoms with E-state index in [1.165, 1.54) is 5.56 Å². The third-order valence-corrected chi connectivity index (χ3v) is 3.10. The van der Waals surface area contributed by atoms with Gasteiger partial charge in [-0.3, -0.25) is 4.99 Å². The molecule has 0 unspecified atom stereocenters. The van der Waals surface area contributed by atoms with E-state index in [9.17, 15) is 0 Å². The molecule has 0 saturated carbocycles. The smallest absolute Gasteiger partial charge is 0.190 e. The Hall–Kier alpha value is -1.57. The molecular formula is C15H22IN5. The van der Waals surface area contributed by atoms with Crippen LogP contribution in [0, 0.1) is 0 Å². The minimum Gasteiger partial charge on any atom is -0.359 e. The average molecular weight is 399 g/mol. The SMILES string of the molecule is CN=C(NC)NCCc1nccn1Cc1ccccc1.I. The molecule has 5 nitrogen and oxygen atoms in total. The molecule has 1 aromatic carbocycles. The van der Waals surface area contributed by atoms with Crippen LogP contribution < -0.4 is 10.6 Å². The number of nitrogens with one attached hydrogen (secondary N) is 2.